The molecule has 1 aromatic heterocycles. The van der Waals surface area contributed by atoms with Gasteiger partial charge in [0.15, 0.2) is 11.9 Å². The van der Waals surface area contributed by atoms with Crippen LogP contribution in [0.3, 0.4) is 0 Å². The summed E-state index contributed by atoms with van der Waals surface area (Å²) >= 11 is 0. The number of hydrogen-bond donors (Lipinski definition) is 2. The van der Waals surface area contributed by atoms with Gasteiger partial charge < -0.3 is 29.0 Å². The van der Waals surface area contributed by atoms with Crippen LogP contribution in [0.25, 0.3) is 10.9 Å². The van der Waals surface area contributed by atoms with E-state index in [2.05, 4.69) is 0 Å². The third kappa shape index (κ3) is 3.20. The molecule has 3 atom stereocenters. The average molecular weight is 442 g/mol. The van der Waals surface area contributed by atoms with Gasteiger partial charge in [-0.05, 0) is 25.1 Å². The second-order valence-corrected chi connectivity index (χ2v) is 7.72. The Morgan fingerprint density at radius 1 is 1.22 bits per heavy atom. The highest BCUT2D eigenvalue weighted by atomic mass is 16.7. The van der Waals surface area contributed by atoms with Crippen LogP contribution in [-0.2, 0) is 9.47 Å². The summed E-state index contributed by atoms with van der Waals surface area (Å²) in [5, 5.41) is 33.6. The van der Waals surface area contributed by atoms with Crippen LogP contribution in [0.2, 0.25) is 0 Å². The molecule has 0 amide bonds. The molecular formula is C22H22N2O8. The summed E-state index contributed by atoms with van der Waals surface area (Å²) in [6, 6.07) is 11.5. The second-order valence-electron chi connectivity index (χ2n) is 7.72. The lowest BCUT2D eigenvalue weighted by Crippen LogP contribution is -2.60. The number of para-hydroxylation sites is 1. The highest BCUT2D eigenvalue weighted by Crippen LogP contribution is 2.47. The van der Waals surface area contributed by atoms with Crippen molar-refractivity contribution in [1.29, 1.82) is 0 Å². The zero-order valence-electron chi connectivity index (χ0n) is 17.6. The molecule has 4 rings (SSSR count). The summed E-state index contributed by atoms with van der Waals surface area (Å²) in [6.07, 6.45) is -2.41. The van der Waals surface area contributed by atoms with Gasteiger partial charge in [0.25, 0.3) is 5.69 Å². The Bertz CT molecular complexity index is 1200. The first kappa shape index (κ1) is 21.8. The molecule has 2 aromatic carbocycles. The van der Waals surface area contributed by atoms with Crippen molar-refractivity contribution < 1.29 is 34.1 Å². The average Bonchev–Trinajstić information content (AvgIpc) is 3.15. The third-order valence-electron chi connectivity index (χ3n) is 5.88. The Hall–Kier alpha value is -3.47. The molecule has 3 aromatic rings. The molecule has 0 radical (unpaired) electrons. The lowest BCUT2D eigenvalue weighted by molar-refractivity contribution is -0.385. The van der Waals surface area contributed by atoms with Crippen LogP contribution < -0.4 is 4.74 Å². The molecule has 0 spiro atoms. The molecule has 1 aliphatic rings. The van der Waals surface area contributed by atoms with Gasteiger partial charge in [0.2, 0.25) is 0 Å². The molecule has 32 heavy (non-hydrogen) atoms. The van der Waals surface area contributed by atoms with Crippen molar-refractivity contribution in [3.05, 3.63) is 69.9 Å². The Morgan fingerprint density at radius 3 is 2.53 bits per heavy atom. The standard InChI is InChI=1S/C22H22N2O8/c1-22(21(30-2)31-3)19(25)18(14-11-13(24(28)29)8-9-17(14)32-22)23-15-7-5-4-6-12(15)10-16(23)20(26)27/h4-11,18-19,21,25H,1-3H3,(H,26,27)/t18-,19-,22-/m0/s1. The van der Waals surface area contributed by atoms with Gasteiger partial charge in [-0.1, -0.05) is 18.2 Å². The number of carboxylic acids is 1. The van der Waals surface area contributed by atoms with Gasteiger partial charge in [-0.25, -0.2) is 4.79 Å². The van der Waals surface area contributed by atoms with Crippen molar-refractivity contribution in [2.75, 3.05) is 14.2 Å². The summed E-state index contributed by atoms with van der Waals surface area (Å²) in [4.78, 5) is 23.0. The van der Waals surface area contributed by atoms with Crippen molar-refractivity contribution in [2.45, 2.75) is 31.0 Å². The van der Waals surface area contributed by atoms with Gasteiger partial charge in [0, 0.05) is 42.8 Å². The van der Waals surface area contributed by atoms with Crippen molar-refractivity contribution in [1.82, 2.24) is 4.57 Å². The second kappa shape index (κ2) is 7.90. The number of methoxy groups -OCH3 is 2. The van der Waals surface area contributed by atoms with Crippen LogP contribution in [0.1, 0.15) is 29.0 Å². The molecule has 0 fully saturated rings. The molecule has 10 heteroatoms. The van der Waals surface area contributed by atoms with Crippen LogP contribution in [0.5, 0.6) is 5.75 Å². The number of ether oxygens (including phenoxy) is 3. The molecule has 0 saturated carbocycles. The van der Waals surface area contributed by atoms with Crippen molar-refractivity contribution >= 4 is 22.6 Å². The number of benzene rings is 2. The molecule has 10 nitrogen and oxygen atoms in total. The number of aromatic carboxylic acids is 1. The zero-order chi connectivity index (χ0) is 23.2. The Morgan fingerprint density at radius 2 is 1.91 bits per heavy atom. The first-order valence-electron chi connectivity index (χ1n) is 9.77. The molecule has 2 heterocycles. The van der Waals surface area contributed by atoms with E-state index in [1.807, 2.05) is 0 Å². The number of aromatic nitrogens is 1. The quantitative estimate of drug-likeness (QED) is 0.338. The van der Waals surface area contributed by atoms with Gasteiger partial charge in [-0.2, -0.15) is 0 Å². The van der Waals surface area contributed by atoms with Crippen molar-refractivity contribution in [3.8, 4) is 5.75 Å². The fourth-order valence-corrected chi connectivity index (χ4v) is 4.43. The van der Waals surface area contributed by atoms with Crippen molar-refractivity contribution in [3.63, 3.8) is 0 Å². The normalized spacial score (nSPS) is 22.5. The van der Waals surface area contributed by atoms with E-state index in [-0.39, 0.29) is 22.7 Å². The number of aliphatic hydroxyl groups excluding tert-OH is 1. The zero-order valence-corrected chi connectivity index (χ0v) is 17.6. The molecular weight excluding hydrogens is 420 g/mol. The van der Waals surface area contributed by atoms with Crippen LogP contribution in [-0.4, -0.2) is 57.9 Å². The number of carbonyl (C=O) groups is 1. The number of aliphatic hydroxyl groups is 1. The monoisotopic (exact) mass is 442 g/mol. The fraction of sp³-hybridized carbons (Fsp3) is 0.318. The topological polar surface area (TPSA) is 133 Å². The highest BCUT2D eigenvalue weighted by Gasteiger charge is 2.53. The maximum atomic E-state index is 12.1. The van der Waals surface area contributed by atoms with E-state index in [4.69, 9.17) is 14.2 Å². The number of fused-ring (bicyclic) bond motifs is 2. The van der Waals surface area contributed by atoms with E-state index in [1.165, 1.54) is 43.1 Å². The van der Waals surface area contributed by atoms with E-state index in [9.17, 15) is 25.1 Å². The minimum atomic E-state index is -1.46. The minimum absolute atomic E-state index is 0.0802. The first-order valence-corrected chi connectivity index (χ1v) is 9.77. The number of hydrogen-bond acceptors (Lipinski definition) is 7. The van der Waals surface area contributed by atoms with Gasteiger partial charge in [0.05, 0.1) is 11.0 Å². The Kier molecular flexibility index (Phi) is 5.37. The molecule has 0 bridgehead atoms. The van der Waals surface area contributed by atoms with Gasteiger partial charge in [0.1, 0.15) is 17.5 Å². The first-order chi connectivity index (χ1) is 15.2. The molecule has 168 valence electrons. The van der Waals surface area contributed by atoms with E-state index < -0.39 is 34.9 Å². The maximum absolute atomic E-state index is 12.1. The lowest BCUT2D eigenvalue weighted by atomic mass is 9.84. The molecule has 0 saturated heterocycles. The molecule has 0 aliphatic carbocycles. The SMILES string of the molecule is COC(OC)[C@@]1(C)Oc2ccc([N+](=O)[O-])cc2[C@H](n2c(C(=O)O)cc3ccccc32)[C@@H]1O. The number of nitro groups is 1. The summed E-state index contributed by atoms with van der Waals surface area (Å²) in [5.74, 6) is -0.953. The predicted molar refractivity (Wildman–Crippen MR) is 113 cm³/mol. The predicted octanol–water partition coefficient (Wildman–Crippen LogP) is 2.97. The number of carboxylic acid groups (broad SMARTS) is 1. The maximum Gasteiger partial charge on any atom is 0.352 e. The summed E-state index contributed by atoms with van der Waals surface area (Å²) in [7, 11) is 2.78. The van der Waals surface area contributed by atoms with Gasteiger partial charge in [-0.3, -0.25) is 10.1 Å². The van der Waals surface area contributed by atoms with Crippen molar-refractivity contribution in [2.24, 2.45) is 0 Å². The Balaban J connectivity index is 2.05. The molecule has 2 N–H and O–H groups in total. The number of nitro benzene ring substituents is 1. The van der Waals surface area contributed by atoms with E-state index in [1.54, 1.807) is 31.2 Å². The highest BCUT2D eigenvalue weighted by molar-refractivity contribution is 5.95. The third-order valence-corrected chi connectivity index (χ3v) is 5.88. The van der Waals surface area contributed by atoms with Crippen LogP contribution in [0, 0.1) is 10.1 Å². The van der Waals surface area contributed by atoms with E-state index in [0.717, 1.165) is 0 Å². The van der Waals surface area contributed by atoms with Crippen LogP contribution in [0.15, 0.2) is 48.5 Å². The van der Waals surface area contributed by atoms with Crippen LogP contribution in [0.4, 0.5) is 5.69 Å². The number of rotatable bonds is 6. The molecule has 0 unspecified atom stereocenters. The fourth-order valence-electron chi connectivity index (χ4n) is 4.43. The lowest BCUT2D eigenvalue weighted by Gasteiger charge is -2.47. The summed E-state index contributed by atoms with van der Waals surface area (Å²) in [5.41, 5.74) is -0.931. The number of non-ortho nitro benzene ring substituents is 1. The van der Waals surface area contributed by atoms with E-state index in [0.29, 0.717) is 10.9 Å². The van der Waals surface area contributed by atoms with Crippen LogP contribution >= 0.6 is 0 Å². The summed E-state index contributed by atoms with van der Waals surface area (Å²) in [6.45, 7) is 1.58. The molecule has 1 aliphatic heterocycles. The largest absolute Gasteiger partial charge is 0.479 e. The minimum Gasteiger partial charge on any atom is -0.479 e. The smallest absolute Gasteiger partial charge is 0.352 e. The van der Waals surface area contributed by atoms with Gasteiger partial charge >= 0.3 is 5.97 Å². The number of nitrogens with zero attached hydrogens (tertiary/aromatic N) is 2. The Labute approximate surface area is 182 Å². The van der Waals surface area contributed by atoms with E-state index >= 15 is 0 Å². The summed E-state index contributed by atoms with van der Waals surface area (Å²) < 4.78 is 18.3. The van der Waals surface area contributed by atoms with Gasteiger partial charge in [-0.15, -0.1) is 0 Å².